The predicted molar refractivity (Wildman–Crippen MR) is 140 cm³/mol. The van der Waals surface area contributed by atoms with Crippen molar-refractivity contribution in [2.24, 2.45) is 0 Å². The Morgan fingerprint density at radius 1 is 1.06 bits per heavy atom. The summed E-state index contributed by atoms with van der Waals surface area (Å²) in [6.45, 7) is 7.55. The number of terminal acetylenes is 1. The number of nitrogens with one attached hydrogen (secondary N) is 4. The molecule has 1 aromatic carbocycles. The van der Waals surface area contributed by atoms with Crippen molar-refractivity contribution in [3.63, 3.8) is 0 Å². The number of unbranched alkanes of at least 4 members (excludes halogenated alkanes) is 1. The van der Waals surface area contributed by atoms with Gasteiger partial charge in [-0.05, 0) is 57.4 Å². The zero-order valence-electron chi connectivity index (χ0n) is 21.0. The summed E-state index contributed by atoms with van der Waals surface area (Å²) < 4.78 is 4.54. The second-order valence-electron chi connectivity index (χ2n) is 7.26. The number of esters is 1. The highest BCUT2D eigenvalue weighted by atomic mass is 32.1. The average molecular weight is 505 g/mol. The Morgan fingerprint density at radius 2 is 1.69 bits per heavy atom. The van der Waals surface area contributed by atoms with E-state index in [1.807, 2.05) is 13.8 Å². The first-order valence-electron chi connectivity index (χ1n) is 11.4. The van der Waals surface area contributed by atoms with Crippen LogP contribution in [0.3, 0.4) is 0 Å². The lowest BCUT2D eigenvalue weighted by molar-refractivity contribution is -0.144. The van der Waals surface area contributed by atoms with Gasteiger partial charge in [-0.25, -0.2) is 4.79 Å². The van der Waals surface area contributed by atoms with Crippen molar-refractivity contribution in [2.75, 3.05) is 20.2 Å². The van der Waals surface area contributed by atoms with Gasteiger partial charge in [-0.15, -0.1) is 6.42 Å². The van der Waals surface area contributed by atoms with Crippen LogP contribution in [-0.2, 0) is 19.1 Å². The molecule has 2 atom stereocenters. The molecule has 192 valence electrons. The second kappa shape index (κ2) is 18.0. The quantitative estimate of drug-likeness (QED) is 0.148. The van der Waals surface area contributed by atoms with Crippen LogP contribution in [0.1, 0.15) is 62.9 Å². The molecule has 1 aromatic rings. The van der Waals surface area contributed by atoms with Crippen LogP contribution in [0.5, 0.6) is 0 Å². The smallest absolute Gasteiger partial charge is 0.328 e. The van der Waals surface area contributed by atoms with Gasteiger partial charge in [0.2, 0.25) is 11.8 Å². The molecule has 1 rings (SSSR count). The minimum atomic E-state index is -0.857. The van der Waals surface area contributed by atoms with Gasteiger partial charge in [0.05, 0.1) is 18.6 Å². The summed E-state index contributed by atoms with van der Waals surface area (Å²) in [6.07, 6.45) is 7.06. The van der Waals surface area contributed by atoms with Crippen molar-refractivity contribution in [3.8, 4) is 12.3 Å². The Morgan fingerprint density at radius 3 is 2.23 bits per heavy atom. The predicted octanol–water partition coefficient (Wildman–Crippen LogP) is 1.69. The monoisotopic (exact) mass is 504 g/mol. The molecule has 0 spiro atoms. The normalized spacial score (nSPS) is 11.3. The van der Waals surface area contributed by atoms with Crippen LogP contribution < -0.4 is 21.3 Å². The fourth-order valence-electron chi connectivity index (χ4n) is 2.78. The van der Waals surface area contributed by atoms with E-state index in [4.69, 9.17) is 18.6 Å². The Hall–Kier alpha value is -3.45. The first-order valence-corrected chi connectivity index (χ1v) is 11.9. The number of carbonyl (C=O) groups is 4. The number of benzene rings is 1. The minimum absolute atomic E-state index is 0.352. The zero-order valence-corrected chi connectivity index (χ0v) is 21.8. The fraction of sp³-hybridized carbons (Fsp3) is 0.480. The molecule has 35 heavy (non-hydrogen) atoms. The summed E-state index contributed by atoms with van der Waals surface area (Å²) in [6, 6.07) is 4.72. The third-order valence-electron chi connectivity index (χ3n) is 4.58. The van der Waals surface area contributed by atoms with Gasteiger partial charge in [-0.2, -0.15) is 0 Å². The summed E-state index contributed by atoms with van der Waals surface area (Å²) in [5.74, 6) is 0.368. The highest BCUT2D eigenvalue weighted by Crippen LogP contribution is 2.06. The maximum atomic E-state index is 12.7. The van der Waals surface area contributed by atoms with E-state index in [1.54, 1.807) is 31.2 Å². The summed E-state index contributed by atoms with van der Waals surface area (Å²) in [7, 11) is 1.21. The molecule has 0 saturated heterocycles. The van der Waals surface area contributed by atoms with Gasteiger partial charge >= 0.3 is 5.97 Å². The highest BCUT2D eigenvalue weighted by Gasteiger charge is 2.22. The average Bonchev–Trinajstić information content (AvgIpc) is 2.86. The van der Waals surface area contributed by atoms with Gasteiger partial charge in [0.25, 0.3) is 5.91 Å². The molecule has 0 heterocycles. The molecule has 4 N–H and O–H groups in total. The van der Waals surface area contributed by atoms with Gasteiger partial charge in [-0.1, -0.05) is 32.0 Å². The lowest BCUT2D eigenvalue weighted by Gasteiger charge is -2.19. The van der Waals surface area contributed by atoms with Gasteiger partial charge in [-0.3, -0.25) is 14.4 Å². The Bertz CT molecular complexity index is 896. The third-order valence-corrected chi connectivity index (χ3v) is 4.73. The van der Waals surface area contributed by atoms with E-state index in [-0.39, 0.29) is 6.54 Å². The molecule has 0 aliphatic rings. The van der Waals surface area contributed by atoms with Crippen LogP contribution in [0.25, 0.3) is 0 Å². The van der Waals surface area contributed by atoms with E-state index in [0.717, 1.165) is 6.42 Å². The molecule has 2 unspecified atom stereocenters. The SMILES string of the molecule is C#Cc1ccc(C(=O)NC(CCCCNC(C)=S)C(=O)NCC(=O)NC(C)C(=O)OC)cc1.CC. The van der Waals surface area contributed by atoms with Crippen molar-refractivity contribution in [2.45, 2.75) is 59.0 Å². The number of ether oxygens (including phenoxy) is 1. The van der Waals surface area contributed by atoms with Crippen LogP contribution in [-0.4, -0.2) is 61.0 Å². The summed E-state index contributed by atoms with van der Waals surface area (Å²) >= 11 is 4.97. The lowest BCUT2D eigenvalue weighted by atomic mass is 10.1. The van der Waals surface area contributed by atoms with Gasteiger partial charge in [0.1, 0.15) is 12.1 Å². The van der Waals surface area contributed by atoms with Gasteiger partial charge in [0.15, 0.2) is 0 Å². The highest BCUT2D eigenvalue weighted by molar-refractivity contribution is 7.80. The van der Waals surface area contributed by atoms with Crippen molar-refractivity contribution in [3.05, 3.63) is 35.4 Å². The van der Waals surface area contributed by atoms with Crippen LogP contribution in [0, 0.1) is 12.3 Å². The molecule has 0 aliphatic heterocycles. The number of rotatable bonds is 12. The van der Waals surface area contributed by atoms with Crippen LogP contribution in [0.4, 0.5) is 0 Å². The van der Waals surface area contributed by atoms with Gasteiger partial charge < -0.3 is 26.0 Å². The molecular weight excluding hydrogens is 468 g/mol. The zero-order chi connectivity index (χ0) is 26.8. The number of amides is 3. The maximum absolute atomic E-state index is 12.7. The Labute approximate surface area is 213 Å². The molecular formula is C25H36N4O5S. The third kappa shape index (κ3) is 13.1. The van der Waals surface area contributed by atoms with Gasteiger partial charge in [0, 0.05) is 17.7 Å². The Kier molecular flexibility index (Phi) is 16.2. The molecule has 3 amide bonds. The fourth-order valence-corrected chi connectivity index (χ4v) is 2.89. The number of hydrogen-bond donors (Lipinski definition) is 4. The first kappa shape index (κ1) is 31.6. The van der Waals surface area contributed by atoms with Crippen molar-refractivity contribution in [1.82, 2.24) is 21.3 Å². The molecule has 0 saturated carbocycles. The summed E-state index contributed by atoms with van der Waals surface area (Å²) in [4.78, 5) is 49.4. The van der Waals surface area contributed by atoms with Crippen molar-refractivity contribution < 1.29 is 23.9 Å². The number of methoxy groups -OCH3 is 1. The van der Waals surface area contributed by atoms with E-state index < -0.39 is 35.8 Å². The molecule has 10 heteroatoms. The molecule has 0 fully saturated rings. The van der Waals surface area contributed by atoms with E-state index in [0.29, 0.717) is 35.5 Å². The minimum Gasteiger partial charge on any atom is -0.467 e. The van der Waals surface area contributed by atoms with E-state index in [9.17, 15) is 19.2 Å². The number of hydrogen-bond acceptors (Lipinski definition) is 6. The van der Waals surface area contributed by atoms with Crippen molar-refractivity contribution in [1.29, 1.82) is 0 Å². The molecule has 0 radical (unpaired) electrons. The second-order valence-corrected chi connectivity index (χ2v) is 7.87. The molecule has 9 nitrogen and oxygen atoms in total. The van der Waals surface area contributed by atoms with Crippen LogP contribution >= 0.6 is 12.2 Å². The van der Waals surface area contributed by atoms with E-state index in [1.165, 1.54) is 14.0 Å². The largest absolute Gasteiger partial charge is 0.467 e. The number of carbonyl (C=O) groups excluding carboxylic acids is 4. The van der Waals surface area contributed by atoms with E-state index >= 15 is 0 Å². The first-order chi connectivity index (χ1) is 16.7. The molecule has 0 bridgehead atoms. The van der Waals surface area contributed by atoms with E-state index in [2.05, 4.69) is 31.9 Å². The number of thiocarbonyl (C=S) groups is 1. The maximum Gasteiger partial charge on any atom is 0.328 e. The lowest BCUT2D eigenvalue weighted by Crippen LogP contribution is -2.50. The molecule has 0 aliphatic carbocycles. The molecule has 0 aromatic heterocycles. The topological polar surface area (TPSA) is 126 Å². The standard InChI is InChI=1S/C23H30N4O5S.C2H6/c1-5-17-9-11-18(12-10-17)21(29)27-19(8-6-7-13-24-16(3)33)22(30)25-14-20(28)26-15(2)23(31)32-4;1-2/h1,9-12,15,19H,6-8,13-14H2,2-4H3,(H,24,33)(H,25,30)(H,26,28)(H,27,29);1-2H3. The summed E-state index contributed by atoms with van der Waals surface area (Å²) in [5, 5.41) is 10.7. The van der Waals surface area contributed by atoms with Crippen LogP contribution in [0.2, 0.25) is 0 Å². The Balaban J connectivity index is 0.00000562. The van der Waals surface area contributed by atoms with Crippen LogP contribution in [0.15, 0.2) is 24.3 Å². The summed E-state index contributed by atoms with van der Waals surface area (Å²) in [5.41, 5.74) is 0.990. The van der Waals surface area contributed by atoms with Crippen molar-refractivity contribution >= 4 is 40.9 Å².